The van der Waals surface area contributed by atoms with Crippen molar-refractivity contribution in [2.45, 2.75) is 185 Å². The van der Waals surface area contributed by atoms with Crippen LogP contribution in [0, 0.1) is 46.3 Å². The third kappa shape index (κ3) is 10.3. The summed E-state index contributed by atoms with van der Waals surface area (Å²) in [7, 11) is 0. The van der Waals surface area contributed by atoms with Gasteiger partial charge in [-0.15, -0.1) is 0 Å². The minimum absolute atomic E-state index is 0.0162. The fourth-order valence-electron chi connectivity index (χ4n) is 12.2. The van der Waals surface area contributed by atoms with E-state index < -0.39 is 18.4 Å². The van der Waals surface area contributed by atoms with Gasteiger partial charge in [-0.05, 0) is 24.7 Å². The van der Waals surface area contributed by atoms with Crippen LogP contribution in [0.1, 0.15) is 158 Å². The third-order valence-electron chi connectivity index (χ3n) is 15.0. The molecule has 4 rings (SSSR count). The van der Waals surface area contributed by atoms with Crippen LogP contribution < -0.4 is 0 Å². The van der Waals surface area contributed by atoms with Crippen molar-refractivity contribution >= 4 is 52.9 Å². The molecule has 0 saturated heterocycles. The number of rotatable bonds is 19. The van der Waals surface area contributed by atoms with Crippen LogP contribution in [0.15, 0.2) is 12.2 Å². The van der Waals surface area contributed by atoms with Gasteiger partial charge < -0.3 is 4.74 Å². The molecule has 0 radical (unpaired) electrons. The number of carbonyl (C=O) groups excluding carboxylic acids is 2. The number of fused-ring (bicyclic) bond motifs is 5. The van der Waals surface area contributed by atoms with E-state index in [0.717, 1.165) is 52.9 Å². The maximum absolute atomic E-state index is 13.7. The van der Waals surface area contributed by atoms with Crippen molar-refractivity contribution < 1.29 is 19.1 Å². The van der Waals surface area contributed by atoms with Crippen molar-refractivity contribution in [2.75, 3.05) is 6.61 Å². The van der Waals surface area contributed by atoms with Gasteiger partial charge >= 0.3 is 228 Å². The molecule has 4 aliphatic carbocycles. The van der Waals surface area contributed by atoms with E-state index in [1.807, 2.05) is 0 Å². The Balaban J connectivity index is 1.33. The summed E-state index contributed by atoms with van der Waals surface area (Å²) in [5.74, 6) is 4.35. The predicted octanol–water partition coefficient (Wildman–Crippen LogP) is 12.7. The van der Waals surface area contributed by atoms with Gasteiger partial charge in [-0.1, -0.05) is 43.4 Å². The van der Waals surface area contributed by atoms with E-state index in [-0.39, 0.29) is 18.0 Å². The molecule has 4 aliphatic rings. The van der Waals surface area contributed by atoms with E-state index >= 15 is 0 Å². The Morgan fingerprint density at radius 2 is 1.47 bits per heavy atom. The van der Waals surface area contributed by atoms with Gasteiger partial charge in [0.15, 0.2) is 0 Å². The number of hydrogen-bond donors (Lipinski definition) is 0. The second-order valence-corrected chi connectivity index (χ2v) is 34.2. The molecular weight excluding hydrogens is 826 g/mol. The van der Waals surface area contributed by atoms with Gasteiger partial charge in [0.05, 0.1) is 0 Å². The summed E-state index contributed by atoms with van der Waals surface area (Å²) in [5, 5.41) is 0. The van der Waals surface area contributed by atoms with Crippen LogP contribution in [-0.4, -0.2) is 47.0 Å². The molecule has 0 amide bonds. The Hall–Kier alpha value is 0.209. The molecule has 0 heterocycles. The molecule has 0 aromatic rings. The molecule has 282 valence electrons. The summed E-state index contributed by atoms with van der Waals surface area (Å²) < 4.78 is 17.5. The van der Waals surface area contributed by atoms with Crippen LogP contribution in [-0.2, 0) is 19.1 Å². The number of esters is 2. The zero-order valence-corrected chi connectivity index (χ0v) is 37.9. The van der Waals surface area contributed by atoms with Gasteiger partial charge in [0.25, 0.3) is 0 Å². The third-order valence-corrected chi connectivity index (χ3v) is 30.8. The van der Waals surface area contributed by atoms with Gasteiger partial charge in [0.2, 0.25) is 0 Å². The van der Waals surface area contributed by atoms with E-state index in [0.29, 0.717) is 39.6 Å². The molecule has 0 spiro atoms. The first kappa shape index (κ1) is 42.0. The first-order valence-corrected chi connectivity index (χ1v) is 30.3. The molecule has 6 heteroatoms. The van der Waals surface area contributed by atoms with Gasteiger partial charge in [0.1, 0.15) is 6.61 Å². The minimum atomic E-state index is -2.49. The molecule has 0 aliphatic heterocycles. The van der Waals surface area contributed by atoms with Crippen molar-refractivity contribution in [1.29, 1.82) is 0 Å². The second kappa shape index (κ2) is 19.0. The summed E-state index contributed by atoms with van der Waals surface area (Å²) >= 11 is -0.168. The summed E-state index contributed by atoms with van der Waals surface area (Å²) in [6.45, 7) is 21.7. The summed E-state index contributed by atoms with van der Waals surface area (Å²) in [6, 6.07) is 0. The monoisotopic (exact) mass is 902 g/mol. The van der Waals surface area contributed by atoms with Crippen LogP contribution in [0.25, 0.3) is 0 Å². The van der Waals surface area contributed by atoms with Crippen LogP contribution >= 0.6 is 22.6 Å². The van der Waals surface area contributed by atoms with Crippen molar-refractivity contribution in [2.24, 2.45) is 46.3 Å². The molecule has 1 unspecified atom stereocenters. The van der Waals surface area contributed by atoms with Gasteiger partial charge in [-0.3, -0.25) is 4.79 Å². The van der Waals surface area contributed by atoms with Crippen molar-refractivity contribution in [1.82, 2.24) is 0 Å². The Morgan fingerprint density at radius 1 is 0.857 bits per heavy atom. The summed E-state index contributed by atoms with van der Waals surface area (Å²) in [6.07, 6.45) is 20.7. The summed E-state index contributed by atoms with van der Waals surface area (Å²) in [4.78, 5) is 26.1. The zero-order chi connectivity index (χ0) is 35.8. The topological polar surface area (TPSA) is 52.6 Å². The second-order valence-electron chi connectivity index (χ2n) is 18.3. The maximum atomic E-state index is 13.7. The number of unbranched alkanes of at least 4 members (excludes halogenated alkanes) is 3. The number of carbonyl (C=O) groups is 2. The first-order valence-electron chi connectivity index (χ1n) is 21.0. The number of alkyl halides is 1. The van der Waals surface area contributed by atoms with Gasteiger partial charge in [0, 0.05) is 10.3 Å². The van der Waals surface area contributed by atoms with E-state index in [4.69, 9.17) is 9.47 Å². The molecule has 0 aromatic carbocycles. The molecule has 0 bridgehead atoms. The number of hydrogen-bond acceptors (Lipinski definition) is 4. The fraction of sp³-hybridized carbons (Fsp3) is 0.907. The first-order chi connectivity index (χ1) is 23.3. The number of halogens is 1. The van der Waals surface area contributed by atoms with Crippen LogP contribution in [0.4, 0.5) is 0 Å². The normalized spacial score (nSPS) is 33.9. The average molecular weight is 902 g/mol. The molecule has 10 atom stereocenters. The van der Waals surface area contributed by atoms with Gasteiger partial charge in [-0.25, -0.2) is 0 Å². The fourth-order valence-corrected chi connectivity index (χ4v) is 28.5. The molecule has 4 saturated carbocycles. The van der Waals surface area contributed by atoms with Gasteiger partial charge in [-0.2, -0.15) is 0 Å². The van der Waals surface area contributed by atoms with Crippen LogP contribution in [0.2, 0.25) is 17.7 Å². The SMILES string of the molecule is C=C([CH2][Sn]([CH2]CCC)([CH2]CCC)[CH2]CCC)C(=O)O[C@@H]1CC[C@@]2(C)[C@H](CC[C@@H]3[C@@H]2CC[C@]2(C)[C@@H]([C@H](C)CCC(=O)OCC(C)I)CC[C@@H]32)C1. The van der Waals surface area contributed by atoms with Crippen molar-refractivity contribution in [3.63, 3.8) is 0 Å². The predicted molar refractivity (Wildman–Crippen MR) is 217 cm³/mol. The standard InChI is InChI=1S/C31H48IO4.3C4H9.Sn/c1-19(2)29(34)36-23-13-15-30(5)22(17-23)8-9-24-26-11-10-25(31(26,6)16-14-27(24)30)20(3)7-12-28(33)35-18-21(4)32;3*1-3-4-2;/h20-27H,1-2,7-18H2,3-6H3;3*1,3-4H2,2H3;/t20-,21?,22-,23-,24+,25-,26+,27+,30+,31-;;;;/m1..../s1. The van der Waals surface area contributed by atoms with Crippen molar-refractivity contribution in [3.8, 4) is 0 Å². The van der Waals surface area contributed by atoms with E-state index in [9.17, 15) is 9.59 Å². The molecule has 0 N–H and O–H groups in total. The molecule has 4 fully saturated rings. The van der Waals surface area contributed by atoms with Crippen LogP contribution in [0.5, 0.6) is 0 Å². The van der Waals surface area contributed by atoms with E-state index in [2.05, 4.69) is 77.6 Å². The molecular formula is C43H75IO4Sn. The Morgan fingerprint density at radius 3 is 2.08 bits per heavy atom. The molecule has 49 heavy (non-hydrogen) atoms. The molecule has 0 aromatic heterocycles. The number of ether oxygens (including phenoxy) is 2. The van der Waals surface area contributed by atoms with Crippen molar-refractivity contribution in [3.05, 3.63) is 12.2 Å². The zero-order valence-electron chi connectivity index (χ0n) is 32.9. The average Bonchev–Trinajstić information content (AvgIpc) is 3.44. The van der Waals surface area contributed by atoms with Crippen LogP contribution in [0.3, 0.4) is 0 Å². The quantitative estimate of drug-likeness (QED) is 0.0426. The van der Waals surface area contributed by atoms with E-state index in [1.165, 1.54) is 96.8 Å². The Labute approximate surface area is 320 Å². The Kier molecular flexibility index (Phi) is 16.3. The Bertz CT molecular complexity index is 1070. The molecule has 4 nitrogen and oxygen atoms in total. The van der Waals surface area contributed by atoms with E-state index in [1.54, 1.807) is 0 Å². The summed E-state index contributed by atoms with van der Waals surface area (Å²) in [5.41, 5.74) is 1.60.